The number of benzene rings is 1. The Balaban J connectivity index is 1.29. The molecule has 0 unspecified atom stereocenters. The number of aromatic nitrogens is 3. The molecule has 3 aromatic rings. The van der Waals surface area contributed by atoms with Crippen molar-refractivity contribution in [1.82, 2.24) is 24.9 Å². The van der Waals surface area contributed by atoms with Crippen LogP contribution in [0, 0.1) is 12.3 Å². The van der Waals surface area contributed by atoms with Gasteiger partial charge in [-0.05, 0) is 19.8 Å². The van der Waals surface area contributed by atoms with Crippen LogP contribution in [0.3, 0.4) is 0 Å². The lowest BCUT2D eigenvalue weighted by Gasteiger charge is -2.21. The Hall–Kier alpha value is -3.09. The summed E-state index contributed by atoms with van der Waals surface area (Å²) in [5.41, 5.74) is 1.85. The summed E-state index contributed by atoms with van der Waals surface area (Å²) < 4.78 is 7.56. The van der Waals surface area contributed by atoms with Crippen molar-refractivity contribution in [2.75, 3.05) is 13.6 Å². The van der Waals surface area contributed by atoms with Gasteiger partial charge in [0.15, 0.2) is 5.76 Å². The first-order valence-electron chi connectivity index (χ1n) is 9.52. The maximum Gasteiger partial charge on any atom is 0.317 e. The second kappa shape index (κ2) is 7.50. The van der Waals surface area contributed by atoms with Crippen LogP contribution in [-0.2, 0) is 13.1 Å². The van der Waals surface area contributed by atoms with Crippen LogP contribution in [0.4, 0.5) is 4.79 Å². The van der Waals surface area contributed by atoms with E-state index in [0.717, 1.165) is 36.5 Å². The number of nitrogens with zero attached hydrogens (tertiary/aromatic N) is 4. The lowest BCUT2D eigenvalue weighted by molar-refractivity contribution is 0.202. The fraction of sp³-hybridized carbons (Fsp3) is 0.381. The topological polar surface area (TPSA) is 76.2 Å². The summed E-state index contributed by atoms with van der Waals surface area (Å²) in [5.74, 6) is 1.71. The smallest absolute Gasteiger partial charge is 0.317 e. The highest BCUT2D eigenvalue weighted by Crippen LogP contribution is 2.46. The second-order valence-corrected chi connectivity index (χ2v) is 7.67. The van der Waals surface area contributed by atoms with Crippen LogP contribution in [0.1, 0.15) is 24.4 Å². The summed E-state index contributed by atoms with van der Waals surface area (Å²) in [4.78, 5) is 18.4. The fourth-order valence-corrected chi connectivity index (χ4v) is 3.34. The second-order valence-electron chi connectivity index (χ2n) is 7.67. The van der Waals surface area contributed by atoms with Gasteiger partial charge in [-0.2, -0.15) is 0 Å². The lowest BCUT2D eigenvalue weighted by Crippen LogP contribution is -2.40. The van der Waals surface area contributed by atoms with Crippen molar-refractivity contribution in [3.63, 3.8) is 0 Å². The lowest BCUT2D eigenvalue weighted by atomic mass is 10.1. The number of hydrogen-bond donors (Lipinski definition) is 1. The molecule has 2 amide bonds. The summed E-state index contributed by atoms with van der Waals surface area (Å²) in [6.07, 6.45) is 6.06. The molecule has 0 aliphatic heterocycles. The number of hydrogen-bond acceptors (Lipinski definition) is 4. The van der Waals surface area contributed by atoms with Crippen molar-refractivity contribution in [2.45, 2.75) is 32.9 Å². The predicted molar refractivity (Wildman–Crippen MR) is 105 cm³/mol. The predicted octanol–water partition coefficient (Wildman–Crippen LogP) is 3.47. The molecule has 146 valence electrons. The fourth-order valence-electron chi connectivity index (χ4n) is 3.34. The SMILES string of the molecule is Cc1nccn1CC1(CNC(=O)N(C)Cc2cc(-c3ccccc3)on2)CC1. The van der Waals surface area contributed by atoms with Crippen LogP contribution >= 0.6 is 0 Å². The van der Waals surface area contributed by atoms with Crippen molar-refractivity contribution in [2.24, 2.45) is 5.41 Å². The molecule has 1 aromatic carbocycles. The molecule has 0 spiro atoms. The average Bonchev–Trinajstić information content (AvgIpc) is 3.10. The number of amides is 2. The van der Waals surface area contributed by atoms with E-state index in [9.17, 15) is 4.79 Å². The Morgan fingerprint density at radius 3 is 2.79 bits per heavy atom. The van der Waals surface area contributed by atoms with Gasteiger partial charge in [0.25, 0.3) is 0 Å². The first-order valence-corrected chi connectivity index (χ1v) is 9.52. The van der Waals surface area contributed by atoms with Gasteiger partial charge in [0, 0.05) is 49.6 Å². The number of aryl methyl sites for hydroxylation is 1. The third kappa shape index (κ3) is 4.08. The number of nitrogens with one attached hydrogen (secondary N) is 1. The van der Waals surface area contributed by atoms with Crippen molar-refractivity contribution in [1.29, 1.82) is 0 Å². The monoisotopic (exact) mass is 379 g/mol. The van der Waals surface area contributed by atoms with Gasteiger partial charge in [-0.3, -0.25) is 0 Å². The van der Waals surface area contributed by atoms with Gasteiger partial charge in [-0.25, -0.2) is 9.78 Å². The molecule has 1 N–H and O–H groups in total. The highest BCUT2D eigenvalue weighted by molar-refractivity contribution is 5.74. The molecule has 0 radical (unpaired) electrons. The van der Waals surface area contributed by atoms with E-state index in [1.807, 2.05) is 55.7 Å². The van der Waals surface area contributed by atoms with E-state index >= 15 is 0 Å². The molecular formula is C21H25N5O2. The summed E-state index contributed by atoms with van der Waals surface area (Å²) >= 11 is 0. The number of urea groups is 1. The van der Waals surface area contributed by atoms with Gasteiger partial charge in [-0.1, -0.05) is 35.5 Å². The summed E-state index contributed by atoms with van der Waals surface area (Å²) in [6, 6.07) is 11.6. The van der Waals surface area contributed by atoms with Crippen LogP contribution in [0.25, 0.3) is 11.3 Å². The average molecular weight is 379 g/mol. The number of imidazole rings is 1. The van der Waals surface area contributed by atoms with Crippen LogP contribution in [0.15, 0.2) is 53.3 Å². The molecule has 1 aliphatic rings. The third-order valence-corrected chi connectivity index (χ3v) is 5.36. The zero-order chi connectivity index (χ0) is 19.6. The normalized spacial score (nSPS) is 14.6. The zero-order valence-electron chi connectivity index (χ0n) is 16.3. The molecule has 0 bridgehead atoms. The maximum atomic E-state index is 12.5. The summed E-state index contributed by atoms with van der Waals surface area (Å²) in [5, 5.41) is 7.16. The van der Waals surface area contributed by atoms with Gasteiger partial charge < -0.3 is 19.3 Å². The Morgan fingerprint density at radius 1 is 1.32 bits per heavy atom. The van der Waals surface area contributed by atoms with E-state index in [0.29, 0.717) is 18.8 Å². The van der Waals surface area contributed by atoms with E-state index in [4.69, 9.17) is 4.52 Å². The zero-order valence-corrected chi connectivity index (χ0v) is 16.3. The van der Waals surface area contributed by atoms with Crippen molar-refractivity contribution < 1.29 is 9.32 Å². The number of carbonyl (C=O) groups excluding carboxylic acids is 1. The number of carbonyl (C=O) groups is 1. The van der Waals surface area contributed by atoms with Gasteiger partial charge in [0.05, 0.1) is 6.54 Å². The Labute approximate surface area is 164 Å². The van der Waals surface area contributed by atoms with Crippen molar-refractivity contribution in [3.8, 4) is 11.3 Å². The quantitative estimate of drug-likeness (QED) is 0.682. The molecule has 0 atom stereocenters. The summed E-state index contributed by atoms with van der Waals surface area (Å²) in [7, 11) is 1.77. The third-order valence-electron chi connectivity index (χ3n) is 5.36. The van der Waals surface area contributed by atoms with E-state index < -0.39 is 0 Å². The molecule has 0 saturated heterocycles. The standard InChI is InChI=1S/C21H25N5O2/c1-16-22-10-11-26(16)15-21(8-9-21)14-23-20(27)25(2)13-18-12-19(28-24-18)17-6-4-3-5-7-17/h3-7,10-12H,8-9,13-15H2,1-2H3,(H,23,27). The first kappa shape index (κ1) is 18.3. The Kier molecular flexibility index (Phi) is 4.90. The minimum atomic E-state index is -0.0992. The van der Waals surface area contributed by atoms with Crippen molar-refractivity contribution in [3.05, 3.63) is 60.3 Å². The molecule has 4 rings (SSSR count). The van der Waals surface area contributed by atoms with Gasteiger partial charge in [0.1, 0.15) is 11.5 Å². The van der Waals surface area contributed by atoms with Gasteiger partial charge in [-0.15, -0.1) is 0 Å². The molecule has 1 fully saturated rings. The molecule has 7 heteroatoms. The van der Waals surface area contributed by atoms with Crippen LogP contribution < -0.4 is 5.32 Å². The van der Waals surface area contributed by atoms with Crippen LogP contribution in [0.2, 0.25) is 0 Å². The molecular weight excluding hydrogens is 354 g/mol. The Morgan fingerprint density at radius 2 is 2.11 bits per heavy atom. The highest BCUT2D eigenvalue weighted by atomic mass is 16.5. The number of rotatable bonds is 7. The van der Waals surface area contributed by atoms with E-state index in [-0.39, 0.29) is 11.4 Å². The highest BCUT2D eigenvalue weighted by Gasteiger charge is 2.43. The van der Waals surface area contributed by atoms with Crippen LogP contribution in [-0.4, -0.2) is 39.2 Å². The Bertz CT molecular complexity index is 943. The molecule has 1 aliphatic carbocycles. The van der Waals surface area contributed by atoms with Gasteiger partial charge >= 0.3 is 6.03 Å². The largest absolute Gasteiger partial charge is 0.356 e. The van der Waals surface area contributed by atoms with Crippen LogP contribution in [0.5, 0.6) is 0 Å². The molecule has 2 aromatic heterocycles. The van der Waals surface area contributed by atoms with Gasteiger partial charge in [0.2, 0.25) is 0 Å². The van der Waals surface area contributed by atoms with E-state index in [1.165, 1.54) is 0 Å². The molecule has 7 nitrogen and oxygen atoms in total. The molecule has 2 heterocycles. The van der Waals surface area contributed by atoms with Crippen molar-refractivity contribution >= 4 is 6.03 Å². The first-order chi connectivity index (χ1) is 13.5. The summed E-state index contributed by atoms with van der Waals surface area (Å²) in [6.45, 7) is 3.97. The maximum absolute atomic E-state index is 12.5. The minimum absolute atomic E-state index is 0.0992. The van der Waals surface area contributed by atoms with E-state index in [2.05, 4.69) is 20.0 Å². The molecule has 28 heavy (non-hydrogen) atoms. The molecule has 1 saturated carbocycles. The van der Waals surface area contributed by atoms with E-state index in [1.54, 1.807) is 11.9 Å². The minimum Gasteiger partial charge on any atom is -0.356 e.